The highest BCUT2D eigenvalue weighted by Gasteiger charge is 2.23. The molecule has 0 saturated heterocycles. The molecule has 104 valence electrons. The van der Waals surface area contributed by atoms with E-state index < -0.39 is 0 Å². The molecule has 2 aromatic carbocycles. The summed E-state index contributed by atoms with van der Waals surface area (Å²) < 4.78 is 1.05. The Kier molecular flexibility index (Phi) is 4.08. The summed E-state index contributed by atoms with van der Waals surface area (Å²) in [4.78, 5) is 0. The minimum Gasteiger partial charge on any atom is -0.394 e. The van der Waals surface area contributed by atoms with Crippen LogP contribution in [0.15, 0.2) is 53.0 Å². The molecule has 1 aliphatic carbocycles. The zero-order chi connectivity index (χ0) is 13.9. The van der Waals surface area contributed by atoms with Crippen LogP contribution < -0.4 is 5.32 Å². The Bertz CT molecular complexity index is 561. The summed E-state index contributed by atoms with van der Waals surface area (Å²) in [5.74, 6) is 0.774. The maximum Gasteiger partial charge on any atom is 0.0745 e. The Morgan fingerprint density at radius 3 is 2.25 bits per heavy atom. The molecule has 0 amide bonds. The molecule has 20 heavy (non-hydrogen) atoms. The third-order valence-electron chi connectivity index (χ3n) is 3.76. The highest BCUT2D eigenvalue weighted by Crippen LogP contribution is 2.40. The molecule has 0 heterocycles. The Balaban J connectivity index is 1.73. The van der Waals surface area contributed by atoms with Crippen LogP contribution in [0.5, 0.6) is 0 Å². The lowest BCUT2D eigenvalue weighted by Crippen LogP contribution is -2.14. The predicted molar refractivity (Wildman–Crippen MR) is 86.0 cm³/mol. The molecule has 0 aromatic heterocycles. The summed E-state index contributed by atoms with van der Waals surface area (Å²) in [5, 5.41) is 13.0. The molecule has 0 radical (unpaired) electrons. The molecule has 2 nitrogen and oxygen atoms in total. The largest absolute Gasteiger partial charge is 0.394 e. The number of hydrogen-bond acceptors (Lipinski definition) is 2. The second-order valence-electron chi connectivity index (χ2n) is 5.33. The van der Waals surface area contributed by atoms with Crippen molar-refractivity contribution in [2.75, 3.05) is 11.9 Å². The zero-order valence-electron chi connectivity index (χ0n) is 11.2. The van der Waals surface area contributed by atoms with Crippen molar-refractivity contribution in [3.63, 3.8) is 0 Å². The first-order valence-electron chi connectivity index (χ1n) is 6.99. The molecule has 0 aliphatic heterocycles. The van der Waals surface area contributed by atoms with Crippen LogP contribution in [0.25, 0.3) is 0 Å². The van der Waals surface area contributed by atoms with Crippen molar-refractivity contribution in [3.05, 3.63) is 64.1 Å². The van der Waals surface area contributed by atoms with Crippen molar-refractivity contribution in [2.24, 2.45) is 0 Å². The summed E-state index contributed by atoms with van der Waals surface area (Å²) in [7, 11) is 0. The number of aliphatic hydroxyl groups is 1. The highest BCUT2D eigenvalue weighted by molar-refractivity contribution is 9.10. The zero-order valence-corrected chi connectivity index (χ0v) is 12.8. The average Bonchev–Trinajstić information content (AvgIpc) is 3.32. The number of aliphatic hydroxyl groups excluding tert-OH is 1. The van der Waals surface area contributed by atoms with Crippen LogP contribution in [0.3, 0.4) is 0 Å². The first kappa shape index (κ1) is 13.7. The number of halogens is 1. The lowest BCUT2D eigenvalue weighted by Gasteiger charge is -2.18. The van der Waals surface area contributed by atoms with Crippen LogP contribution >= 0.6 is 15.9 Å². The number of rotatable bonds is 5. The monoisotopic (exact) mass is 331 g/mol. The quantitative estimate of drug-likeness (QED) is 0.847. The van der Waals surface area contributed by atoms with E-state index in [9.17, 15) is 5.11 Å². The van der Waals surface area contributed by atoms with Gasteiger partial charge in [-0.2, -0.15) is 0 Å². The topological polar surface area (TPSA) is 32.3 Å². The van der Waals surface area contributed by atoms with Crippen molar-refractivity contribution in [2.45, 2.75) is 24.8 Å². The van der Waals surface area contributed by atoms with E-state index in [1.807, 2.05) is 24.3 Å². The van der Waals surface area contributed by atoms with Gasteiger partial charge in [0.25, 0.3) is 0 Å². The lowest BCUT2D eigenvalue weighted by atomic mass is 10.0. The van der Waals surface area contributed by atoms with Gasteiger partial charge in [0, 0.05) is 10.2 Å². The van der Waals surface area contributed by atoms with Crippen LogP contribution in [0.4, 0.5) is 5.69 Å². The van der Waals surface area contributed by atoms with Crippen molar-refractivity contribution in [1.29, 1.82) is 0 Å². The summed E-state index contributed by atoms with van der Waals surface area (Å²) in [6.07, 6.45) is 2.64. The van der Waals surface area contributed by atoms with Crippen molar-refractivity contribution in [3.8, 4) is 0 Å². The van der Waals surface area contributed by atoms with E-state index >= 15 is 0 Å². The maximum absolute atomic E-state index is 9.61. The van der Waals surface area contributed by atoms with Crippen LogP contribution in [0.2, 0.25) is 0 Å². The molecule has 1 aliphatic rings. The minimum absolute atomic E-state index is 0.0653. The van der Waals surface area contributed by atoms with E-state index in [0.29, 0.717) is 0 Å². The van der Waals surface area contributed by atoms with Crippen molar-refractivity contribution in [1.82, 2.24) is 0 Å². The lowest BCUT2D eigenvalue weighted by molar-refractivity contribution is 0.276. The molecule has 3 heteroatoms. The molecule has 1 unspecified atom stereocenters. The van der Waals surface area contributed by atoms with E-state index in [0.717, 1.165) is 21.6 Å². The highest BCUT2D eigenvalue weighted by atomic mass is 79.9. The number of anilines is 1. The second-order valence-corrected chi connectivity index (χ2v) is 6.24. The molecular weight excluding hydrogens is 314 g/mol. The Hall–Kier alpha value is -1.32. The number of hydrogen-bond donors (Lipinski definition) is 2. The summed E-state index contributed by atoms with van der Waals surface area (Å²) >= 11 is 3.42. The van der Waals surface area contributed by atoms with Gasteiger partial charge in [0.05, 0.1) is 12.6 Å². The van der Waals surface area contributed by atoms with E-state index in [4.69, 9.17) is 0 Å². The van der Waals surface area contributed by atoms with Gasteiger partial charge in [-0.05, 0) is 54.2 Å². The third-order valence-corrected chi connectivity index (χ3v) is 4.28. The maximum atomic E-state index is 9.61. The van der Waals surface area contributed by atoms with E-state index in [1.54, 1.807) is 0 Å². The van der Waals surface area contributed by atoms with Crippen molar-refractivity contribution < 1.29 is 5.11 Å². The molecule has 1 fully saturated rings. The van der Waals surface area contributed by atoms with Gasteiger partial charge in [-0.15, -0.1) is 0 Å². The van der Waals surface area contributed by atoms with E-state index in [1.165, 1.54) is 18.4 Å². The normalized spacial score (nSPS) is 15.9. The van der Waals surface area contributed by atoms with Gasteiger partial charge in [0.2, 0.25) is 0 Å². The fraction of sp³-hybridized carbons (Fsp3) is 0.294. The molecule has 2 N–H and O–H groups in total. The predicted octanol–water partition coefficient (Wildman–Crippen LogP) is 4.47. The summed E-state index contributed by atoms with van der Waals surface area (Å²) in [6, 6.07) is 16.6. The second kappa shape index (κ2) is 5.98. The fourth-order valence-electron chi connectivity index (χ4n) is 2.40. The first-order valence-corrected chi connectivity index (χ1v) is 7.78. The van der Waals surface area contributed by atoms with Crippen LogP contribution in [0, 0.1) is 0 Å². The first-order chi connectivity index (χ1) is 9.76. The van der Waals surface area contributed by atoms with Gasteiger partial charge >= 0.3 is 0 Å². The van der Waals surface area contributed by atoms with E-state index in [-0.39, 0.29) is 12.6 Å². The Morgan fingerprint density at radius 1 is 1.05 bits per heavy atom. The number of nitrogens with one attached hydrogen (secondary N) is 1. The third kappa shape index (κ3) is 3.22. The SMILES string of the molecule is OCC(Nc1ccc(Br)cc1)c1ccc(C2CC2)cc1. The Morgan fingerprint density at radius 2 is 1.70 bits per heavy atom. The van der Waals surface area contributed by atoms with Gasteiger partial charge in [0.15, 0.2) is 0 Å². The van der Waals surface area contributed by atoms with Crippen LogP contribution in [-0.4, -0.2) is 11.7 Å². The minimum atomic E-state index is -0.0653. The molecule has 0 bridgehead atoms. The molecule has 1 atom stereocenters. The van der Waals surface area contributed by atoms with Crippen LogP contribution in [-0.2, 0) is 0 Å². The Labute approximate surface area is 128 Å². The fourth-order valence-corrected chi connectivity index (χ4v) is 2.66. The smallest absolute Gasteiger partial charge is 0.0745 e. The molecular formula is C17H18BrNO. The molecule has 2 aromatic rings. The van der Waals surface area contributed by atoms with Gasteiger partial charge in [0.1, 0.15) is 0 Å². The molecule has 1 saturated carbocycles. The van der Waals surface area contributed by atoms with E-state index in [2.05, 4.69) is 45.5 Å². The summed E-state index contributed by atoms with van der Waals surface area (Å²) in [6.45, 7) is 0.0822. The van der Waals surface area contributed by atoms with Gasteiger partial charge < -0.3 is 10.4 Å². The standard InChI is InChI=1S/C17H18BrNO/c18-15-7-9-16(10-8-15)19-17(11-20)14-5-3-13(4-6-14)12-1-2-12/h3-10,12,17,19-20H,1-2,11H2. The molecule has 3 rings (SSSR count). The van der Waals surface area contributed by atoms with Gasteiger partial charge in [-0.3, -0.25) is 0 Å². The number of benzene rings is 2. The van der Waals surface area contributed by atoms with Crippen LogP contribution in [0.1, 0.15) is 35.9 Å². The molecule has 0 spiro atoms. The average molecular weight is 332 g/mol. The van der Waals surface area contributed by atoms with Gasteiger partial charge in [-0.25, -0.2) is 0 Å². The van der Waals surface area contributed by atoms with Crippen molar-refractivity contribution >= 4 is 21.6 Å². The van der Waals surface area contributed by atoms with Gasteiger partial charge in [-0.1, -0.05) is 40.2 Å². The summed E-state index contributed by atoms with van der Waals surface area (Å²) in [5.41, 5.74) is 3.56.